The molecule has 0 spiro atoms. The van der Waals surface area contributed by atoms with E-state index in [4.69, 9.17) is 27.5 Å². The molecule has 11 heteroatoms. The van der Waals surface area contributed by atoms with Gasteiger partial charge in [0, 0.05) is 17.0 Å². The Balaban J connectivity index is 2.06. The summed E-state index contributed by atoms with van der Waals surface area (Å²) in [5.74, 6) is -0.737. The van der Waals surface area contributed by atoms with Gasteiger partial charge in [0.1, 0.15) is 11.4 Å². The number of nitrogens with two attached hydrogens (primary N) is 1. The topological polar surface area (TPSA) is 147 Å². The number of methoxy groups -OCH3 is 1. The first-order chi connectivity index (χ1) is 13.7. The van der Waals surface area contributed by atoms with Crippen molar-refractivity contribution in [2.75, 3.05) is 12.4 Å². The van der Waals surface area contributed by atoms with Crippen LogP contribution in [0.15, 0.2) is 29.3 Å². The number of guanidine groups is 1. The van der Waals surface area contributed by atoms with Crippen molar-refractivity contribution in [2.45, 2.75) is 42.5 Å². The number of esters is 1. The highest BCUT2D eigenvalue weighted by molar-refractivity contribution is 7.89. The number of hydrogen-bond acceptors (Lipinski definition) is 6. The smallest absolute Gasteiger partial charge is 0.327 e. The van der Waals surface area contributed by atoms with E-state index in [2.05, 4.69) is 15.0 Å². The van der Waals surface area contributed by atoms with Gasteiger partial charge in [-0.05, 0) is 25.0 Å². The van der Waals surface area contributed by atoms with Gasteiger partial charge in [0.2, 0.25) is 10.0 Å². The lowest BCUT2D eigenvalue weighted by Crippen LogP contribution is -2.55. The van der Waals surface area contributed by atoms with Crippen molar-refractivity contribution in [2.24, 2.45) is 5.73 Å². The number of nitrogens with zero attached hydrogens (tertiary/aromatic N) is 1. The number of rotatable bonds is 5. The molecule has 156 valence electrons. The second kappa shape index (κ2) is 8.13. The standard InChI is InChI=1S/C18H22ClN5O4S/c1-28-16(25)18(7-3-2-4-8-18)24-29(26,27)11-5-6-12-13(9-11)15(23-17(20)21)22-10-14(12)19/h5-6,9-10,24H,2-4,7-8H2,1H3,(H4,20,21,22,23). The number of pyridine rings is 1. The Morgan fingerprint density at radius 3 is 2.59 bits per heavy atom. The minimum Gasteiger partial charge on any atom is -0.468 e. The average Bonchev–Trinajstić information content (AvgIpc) is 2.69. The Morgan fingerprint density at radius 2 is 1.97 bits per heavy atom. The Morgan fingerprint density at radius 1 is 1.28 bits per heavy atom. The predicted octanol–water partition coefficient (Wildman–Crippen LogP) is 2.35. The van der Waals surface area contributed by atoms with E-state index in [0.29, 0.717) is 28.6 Å². The van der Waals surface area contributed by atoms with Crippen molar-refractivity contribution in [3.8, 4) is 0 Å². The number of aromatic nitrogens is 1. The van der Waals surface area contributed by atoms with Crippen LogP contribution in [0.3, 0.4) is 0 Å². The number of carbonyl (C=O) groups is 1. The second-order valence-corrected chi connectivity index (χ2v) is 9.03. The molecule has 0 amide bonds. The van der Waals surface area contributed by atoms with Crippen LogP contribution in [0.1, 0.15) is 32.1 Å². The van der Waals surface area contributed by atoms with Gasteiger partial charge in [0.05, 0.1) is 17.0 Å². The largest absolute Gasteiger partial charge is 0.468 e. The third-order valence-corrected chi connectivity index (χ3v) is 6.82. The zero-order chi connectivity index (χ0) is 21.2. The van der Waals surface area contributed by atoms with Gasteiger partial charge in [-0.2, -0.15) is 4.72 Å². The van der Waals surface area contributed by atoms with Crippen molar-refractivity contribution in [3.63, 3.8) is 0 Å². The maximum atomic E-state index is 13.1. The lowest BCUT2D eigenvalue weighted by Gasteiger charge is -2.34. The zero-order valence-electron chi connectivity index (χ0n) is 15.8. The highest BCUT2D eigenvalue weighted by Crippen LogP contribution is 2.33. The number of sulfonamides is 1. The van der Waals surface area contributed by atoms with Gasteiger partial charge in [0.25, 0.3) is 0 Å². The molecule has 3 rings (SSSR count). The highest BCUT2D eigenvalue weighted by atomic mass is 35.5. The van der Waals surface area contributed by atoms with E-state index in [1.165, 1.54) is 25.4 Å². The molecule has 2 aromatic rings. The molecule has 1 aliphatic carbocycles. The number of fused-ring (bicyclic) bond motifs is 1. The normalized spacial score (nSPS) is 16.3. The van der Waals surface area contributed by atoms with Crippen LogP contribution in [0.2, 0.25) is 5.02 Å². The maximum absolute atomic E-state index is 13.1. The number of ether oxygens (including phenoxy) is 1. The fourth-order valence-corrected chi connectivity index (χ4v) is 5.25. The molecule has 1 fully saturated rings. The molecular formula is C18H22ClN5O4S. The van der Waals surface area contributed by atoms with Crippen molar-refractivity contribution in [1.82, 2.24) is 9.71 Å². The Kier molecular flexibility index (Phi) is 5.97. The first kappa shape index (κ1) is 21.3. The van der Waals surface area contributed by atoms with Gasteiger partial charge in [-0.3, -0.25) is 10.2 Å². The van der Waals surface area contributed by atoms with Crippen LogP contribution < -0.4 is 15.8 Å². The van der Waals surface area contributed by atoms with E-state index in [1.54, 1.807) is 6.07 Å². The van der Waals surface area contributed by atoms with Gasteiger partial charge in [-0.15, -0.1) is 0 Å². The molecule has 29 heavy (non-hydrogen) atoms. The molecule has 9 nitrogen and oxygen atoms in total. The van der Waals surface area contributed by atoms with Crippen molar-refractivity contribution in [1.29, 1.82) is 5.41 Å². The van der Waals surface area contributed by atoms with Crippen LogP contribution in [0, 0.1) is 5.41 Å². The monoisotopic (exact) mass is 439 g/mol. The number of halogens is 1. The third-order valence-electron chi connectivity index (χ3n) is 4.99. The van der Waals surface area contributed by atoms with E-state index in [9.17, 15) is 13.2 Å². The Hall–Kier alpha value is -2.43. The predicted molar refractivity (Wildman–Crippen MR) is 110 cm³/mol. The molecule has 0 atom stereocenters. The minimum atomic E-state index is -4.06. The lowest BCUT2D eigenvalue weighted by molar-refractivity contribution is -0.149. The fourth-order valence-electron chi connectivity index (χ4n) is 3.60. The number of benzene rings is 1. The summed E-state index contributed by atoms with van der Waals surface area (Å²) in [6.45, 7) is 0. The Bertz CT molecular complexity index is 1070. The molecule has 0 radical (unpaired) electrons. The van der Waals surface area contributed by atoms with E-state index in [1.807, 2.05) is 0 Å². The summed E-state index contributed by atoms with van der Waals surface area (Å²) in [5, 5.41) is 11.2. The molecule has 1 saturated carbocycles. The van der Waals surface area contributed by atoms with Gasteiger partial charge in [-0.25, -0.2) is 13.4 Å². The summed E-state index contributed by atoms with van der Waals surface area (Å²) in [6.07, 6.45) is 4.51. The summed E-state index contributed by atoms with van der Waals surface area (Å²) < 4.78 is 33.7. The van der Waals surface area contributed by atoms with E-state index >= 15 is 0 Å². The SMILES string of the molecule is COC(=O)C1(NS(=O)(=O)c2ccc3c(Cl)cnc(NC(=N)N)c3c2)CCCCC1. The van der Waals surface area contributed by atoms with Crippen LogP contribution in [0.25, 0.3) is 10.8 Å². The van der Waals surface area contributed by atoms with Crippen LogP contribution in [-0.2, 0) is 19.6 Å². The first-order valence-electron chi connectivity index (χ1n) is 9.00. The first-order valence-corrected chi connectivity index (χ1v) is 10.9. The lowest BCUT2D eigenvalue weighted by atomic mass is 9.83. The van der Waals surface area contributed by atoms with Crippen LogP contribution >= 0.6 is 11.6 Å². The van der Waals surface area contributed by atoms with E-state index in [0.717, 1.165) is 19.3 Å². The second-order valence-electron chi connectivity index (χ2n) is 6.94. The van der Waals surface area contributed by atoms with Gasteiger partial charge in [0.15, 0.2) is 5.96 Å². The minimum absolute atomic E-state index is 0.0606. The maximum Gasteiger partial charge on any atom is 0.327 e. The number of carbonyl (C=O) groups excluding carboxylic acids is 1. The van der Waals surface area contributed by atoms with Crippen molar-refractivity contribution >= 4 is 50.1 Å². The van der Waals surface area contributed by atoms with Crippen molar-refractivity contribution < 1.29 is 17.9 Å². The van der Waals surface area contributed by atoms with Crippen LogP contribution in [-0.4, -0.2) is 38.0 Å². The zero-order valence-corrected chi connectivity index (χ0v) is 17.4. The fraction of sp³-hybridized carbons (Fsp3) is 0.389. The molecule has 0 bridgehead atoms. The molecule has 1 heterocycles. The summed E-state index contributed by atoms with van der Waals surface area (Å²) in [7, 11) is -2.81. The summed E-state index contributed by atoms with van der Waals surface area (Å²) in [4.78, 5) is 16.4. The van der Waals surface area contributed by atoms with Gasteiger partial charge >= 0.3 is 5.97 Å². The molecule has 0 saturated heterocycles. The molecule has 1 aromatic carbocycles. The number of hydrogen-bond donors (Lipinski definition) is 4. The van der Waals surface area contributed by atoms with Gasteiger partial charge in [-0.1, -0.05) is 36.9 Å². The van der Waals surface area contributed by atoms with Crippen LogP contribution in [0.5, 0.6) is 0 Å². The highest BCUT2D eigenvalue weighted by Gasteiger charge is 2.44. The molecule has 1 aliphatic rings. The molecule has 5 N–H and O–H groups in total. The summed E-state index contributed by atoms with van der Waals surface area (Å²) in [6, 6.07) is 4.34. The molecule has 0 unspecified atom stereocenters. The number of nitrogens with one attached hydrogen (secondary N) is 3. The van der Waals surface area contributed by atoms with E-state index in [-0.39, 0.29) is 16.7 Å². The molecule has 0 aliphatic heterocycles. The number of anilines is 1. The average molecular weight is 440 g/mol. The van der Waals surface area contributed by atoms with Crippen molar-refractivity contribution in [3.05, 3.63) is 29.4 Å². The Labute approximate surface area is 173 Å². The summed E-state index contributed by atoms with van der Waals surface area (Å²) in [5.41, 5.74) is 4.10. The van der Waals surface area contributed by atoms with E-state index < -0.39 is 21.5 Å². The molecule has 1 aromatic heterocycles. The third kappa shape index (κ3) is 4.29. The quantitative estimate of drug-likeness (QED) is 0.317. The van der Waals surface area contributed by atoms with Gasteiger partial charge < -0.3 is 15.8 Å². The summed E-state index contributed by atoms with van der Waals surface area (Å²) >= 11 is 6.17. The molecular weight excluding hydrogens is 418 g/mol. The van der Waals surface area contributed by atoms with Crippen LogP contribution in [0.4, 0.5) is 5.82 Å².